The summed E-state index contributed by atoms with van der Waals surface area (Å²) in [6, 6.07) is 4.79. The van der Waals surface area contributed by atoms with E-state index in [1.807, 2.05) is 0 Å². The second-order valence-corrected chi connectivity index (χ2v) is 6.93. The van der Waals surface area contributed by atoms with Crippen molar-refractivity contribution in [2.45, 2.75) is 19.9 Å². The Morgan fingerprint density at radius 3 is 2.62 bits per heavy atom. The Bertz CT molecular complexity index is 657. The molecule has 1 heterocycles. The van der Waals surface area contributed by atoms with Gasteiger partial charge in [0.15, 0.2) is 18.1 Å². The van der Waals surface area contributed by atoms with Crippen LogP contribution in [0.15, 0.2) is 18.2 Å². The lowest BCUT2D eigenvalue weighted by molar-refractivity contribution is -0.138. The minimum Gasteiger partial charge on any atom is -0.493 e. The van der Waals surface area contributed by atoms with Crippen LogP contribution in [0.4, 0.5) is 0 Å². The quantitative estimate of drug-likeness (QED) is 0.742. The molecule has 3 rings (SSSR count). The summed E-state index contributed by atoms with van der Waals surface area (Å²) in [6.07, 6.45) is 0.897. The lowest BCUT2D eigenvalue weighted by atomic mass is 10.0. The van der Waals surface area contributed by atoms with Crippen LogP contribution in [0.25, 0.3) is 0 Å². The van der Waals surface area contributed by atoms with E-state index < -0.39 is 0 Å². The SMILES string of the molecule is COc1ccc(OCC(=O)N2C[C@H]3[C@@H]([C@H]2C=O)C3(C)C)cc1OC. The monoisotopic (exact) mass is 333 g/mol. The zero-order valence-corrected chi connectivity index (χ0v) is 14.4. The van der Waals surface area contributed by atoms with Gasteiger partial charge in [-0.25, -0.2) is 0 Å². The number of hydrogen-bond acceptors (Lipinski definition) is 5. The molecule has 1 aromatic rings. The lowest BCUT2D eigenvalue weighted by Crippen LogP contribution is -2.43. The Hall–Kier alpha value is -2.24. The van der Waals surface area contributed by atoms with Crippen molar-refractivity contribution >= 4 is 12.2 Å². The molecule has 3 atom stereocenters. The van der Waals surface area contributed by atoms with Crippen molar-refractivity contribution in [1.29, 1.82) is 0 Å². The number of fused-ring (bicyclic) bond motifs is 1. The van der Waals surface area contributed by atoms with Crippen LogP contribution < -0.4 is 14.2 Å². The molecule has 1 aliphatic heterocycles. The number of likely N-dealkylation sites (tertiary alicyclic amines) is 1. The molecule has 1 aliphatic carbocycles. The molecule has 130 valence electrons. The van der Waals surface area contributed by atoms with E-state index in [2.05, 4.69) is 13.8 Å². The minimum atomic E-state index is -0.327. The molecule has 24 heavy (non-hydrogen) atoms. The number of hydrogen-bond donors (Lipinski definition) is 0. The Morgan fingerprint density at radius 2 is 2.00 bits per heavy atom. The molecule has 0 bridgehead atoms. The van der Waals surface area contributed by atoms with E-state index in [-0.39, 0.29) is 29.9 Å². The van der Waals surface area contributed by atoms with Crippen LogP contribution in [0.2, 0.25) is 0 Å². The first-order chi connectivity index (χ1) is 11.4. The molecule has 0 unspecified atom stereocenters. The summed E-state index contributed by atoms with van der Waals surface area (Å²) < 4.78 is 16.0. The minimum absolute atomic E-state index is 0.0975. The standard InChI is InChI=1S/C18H23NO5/c1-18(2)12-8-19(13(9-20)17(12)18)16(21)10-24-11-5-6-14(22-3)15(7-11)23-4/h5-7,9,12-13,17H,8,10H2,1-4H3/t12-,13+,17-/m0/s1. The molecule has 1 saturated heterocycles. The van der Waals surface area contributed by atoms with E-state index in [0.717, 1.165) is 6.29 Å². The van der Waals surface area contributed by atoms with Gasteiger partial charge in [0.25, 0.3) is 5.91 Å². The second kappa shape index (κ2) is 6.00. The van der Waals surface area contributed by atoms with Gasteiger partial charge in [-0.1, -0.05) is 13.8 Å². The third-order valence-electron chi connectivity index (χ3n) is 5.44. The average molecular weight is 333 g/mol. The first-order valence-electron chi connectivity index (χ1n) is 8.03. The van der Waals surface area contributed by atoms with Crippen molar-refractivity contribution in [3.63, 3.8) is 0 Å². The highest BCUT2D eigenvalue weighted by Gasteiger charge is 2.67. The summed E-state index contributed by atoms with van der Waals surface area (Å²) in [5.41, 5.74) is 0.159. The van der Waals surface area contributed by atoms with E-state index in [9.17, 15) is 9.59 Å². The lowest BCUT2D eigenvalue weighted by Gasteiger charge is -2.27. The topological polar surface area (TPSA) is 65.1 Å². The van der Waals surface area contributed by atoms with Crippen LogP contribution in [0, 0.1) is 17.3 Å². The number of benzene rings is 1. The van der Waals surface area contributed by atoms with Crippen molar-refractivity contribution in [1.82, 2.24) is 4.90 Å². The van der Waals surface area contributed by atoms with Crippen LogP contribution in [0.1, 0.15) is 13.8 Å². The first kappa shape index (κ1) is 16.6. The van der Waals surface area contributed by atoms with Gasteiger partial charge in [-0.15, -0.1) is 0 Å². The van der Waals surface area contributed by atoms with Gasteiger partial charge >= 0.3 is 0 Å². The van der Waals surface area contributed by atoms with E-state index in [0.29, 0.717) is 29.7 Å². The van der Waals surface area contributed by atoms with E-state index in [4.69, 9.17) is 14.2 Å². The van der Waals surface area contributed by atoms with Gasteiger partial charge in [0.05, 0.1) is 20.3 Å². The van der Waals surface area contributed by atoms with Gasteiger partial charge in [-0.3, -0.25) is 4.79 Å². The Labute approximate surface area is 141 Å². The number of nitrogens with zero attached hydrogens (tertiary/aromatic N) is 1. The van der Waals surface area contributed by atoms with Crippen LogP contribution in [0.5, 0.6) is 17.2 Å². The third kappa shape index (κ3) is 2.60. The fraction of sp³-hybridized carbons (Fsp3) is 0.556. The van der Waals surface area contributed by atoms with Crippen LogP contribution in [0.3, 0.4) is 0 Å². The number of methoxy groups -OCH3 is 2. The summed E-state index contributed by atoms with van der Waals surface area (Å²) in [5.74, 6) is 2.19. The summed E-state index contributed by atoms with van der Waals surface area (Å²) in [5, 5.41) is 0. The third-order valence-corrected chi connectivity index (χ3v) is 5.44. The zero-order valence-electron chi connectivity index (χ0n) is 14.4. The highest BCUT2D eigenvalue weighted by molar-refractivity contribution is 5.82. The summed E-state index contributed by atoms with van der Waals surface area (Å²) >= 11 is 0. The predicted octanol–water partition coefficient (Wildman–Crippen LogP) is 1.76. The van der Waals surface area contributed by atoms with Gasteiger partial charge in [0.2, 0.25) is 0 Å². The van der Waals surface area contributed by atoms with E-state index in [1.165, 1.54) is 0 Å². The van der Waals surface area contributed by atoms with Crippen molar-refractivity contribution in [2.24, 2.45) is 17.3 Å². The first-order valence-corrected chi connectivity index (χ1v) is 8.03. The smallest absolute Gasteiger partial charge is 0.261 e. The Kier molecular flexibility index (Phi) is 4.15. The average Bonchev–Trinajstić information content (AvgIpc) is 2.96. The van der Waals surface area contributed by atoms with Crippen molar-refractivity contribution < 1.29 is 23.8 Å². The maximum Gasteiger partial charge on any atom is 0.261 e. The fourth-order valence-corrected chi connectivity index (χ4v) is 3.90. The fourth-order valence-electron chi connectivity index (χ4n) is 3.90. The number of ether oxygens (including phenoxy) is 3. The molecular formula is C18H23NO5. The van der Waals surface area contributed by atoms with Crippen molar-refractivity contribution in [3.8, 4) is 17.2 Å². The zero-order chi connectivity index (χ0) is 17.5. The van der Waals surface area contributed by atoms with Crippen LogP contribution >= 0.6 is 0 Å². The summed E-state index contributed by atoms with van der Waals surface area (Å²) in [6.45, 7) is 4.84. The Morgan fingerprint density at radius 1 is 1.29 bits per heavy atom. The Balaban J connectivity index is 1.61. The van der Waals surface area contributed by atoms with Gasteiger partial charge in [-0.2, -0.15) is 0 Å². The maximum atomic E-state index is 12.4. The molecule has 6 nitrogen and oxygen atoms in total. The molecular weight excluding hydrogens is 310 g/mol. The number of piperidine rings is 1. The van der Waals surface area contributed by atoms with Gasteiger partial charge in [0.1, 0.15) is 12.0 Å². The highest BCUT2D eigenvalue weighted by atomic mass is 16.5. The largest absolute Gasteiger partial charge is 0.493 e. The van der Waals surface area contributed by atoms with E-state index in [1.54, 1.807) is 37.3 Å². The molecule has 2 aliphatic rings. The molecule has 0 N–H and O–H groups in total. The normalized spacial score (nSPS) is 26.5. The molecule has 0 radical (unpaired) electrons. The van der Waals surface area contributed by atoms with E-state index >= 15 is 0 Å². The molecule has 1 amide bonds. The van der Waals surface area contributed by atoms with Gasteiger partial charge < -0.3 is 23.9 Å². The van der Waals surface area contributed by atoms with Gasteiger partial charge in [-0.05, 0) is 29.4 Å². The molecule has 1 aromatic carbocycles. The number of amides is 1. The predicted molar refractivity (Wildman–Crippen MR) is 87.4 cm³/mol. The van der Waals surface area contributed by atoms with Crippen LogP contribution in [-0.4, -0.2) is 50.5 Å². The number of carbonyl (C=O) groups excluding carboxylic acids is 2. The van der Waals surface area contributed by atoms with Gasteiger partial charge in [0, 0.05) is 12.6 Å². The number of aldehydes is 1. The van der Waals surface area contributed by atoms with Crippen LogP contribution in [-0.2, 0) is 9.59 Å². The number of rotatable bonds is 6. The molecule has 0 aromatic heterocycles. The maximum absolute atomic E-state index is 12.4. The summed E-state index contributed by atoms with van der Waals surface area (Å²) in [7, 11) is 3.10. The summed E-state index contributed by atoms with van der Waals surface area (Å²) in [4.78, 5) is 25.5. The molecule has 1 saturated carbocycles. The van der Waals surface area contributed by atoms with Crippen molar-refractivity contribution in [3.05, 3.63) is 18.2 Å². The molecule has 6 heteroatoms. The molecule has 2 fully saturated rings. The van der Waals surface area contributed by atoms with Crippen molar-refractivity contribution in [2.75, 3.05) is 27.4 Å². The number of carbonyl (C=O) groups is 2. The second-order valence-electron chi connectivity index (χ2n) is 6.93. The molecule has 0 spiro atoms. The highest BCUT2D eigenvalue weighted by Crippen LogP contribution is 2.64.